The van der Waals surface area contributed by atoms with Crippen LogP contribution in [-0.2, 0) is 4.74 Å². The molecule has 0 bridgehead atoms. The second kappa shape index (κ2) is 10.3. The van der Waals surface area contributed by atoms with Gasteiger partial charge in [0.2, 0.25) is 5.95 Å². The first kappa shape index (κ1) is 20.4. The van der Waals surface area contributed by atoms with Crippen molar-refractivity contribution in [2.75, 3.05) is 29.9 Å². The van der Waals surface area contributed by atoms with Gasteiger partial charge in [0.25, 0.3) is 5.91 Å². The number of ether oxygens (including phenoxy) is 1. The third-order valence-corrected chi connectivity index (χ3v) is 3.80. The lowest BCUT2D eigenvalue weighted by Gasteiger charge is -2.21. The van der Waals surface area contributed by atoms with Crippen LogP contribution in [-0.4, -0.2) is 41.5 Å². The SMILES string of the molecule is CCCN(CCC)c1nccc(C(=O)Nc2ccc(C(=O)OCC)cc2)n1. The van der Waals surface area contributed by atoms with Gasteiger partial charge in [0.05, 0.1) is 12.2 Å². The van der Waals surface area contributed by atoms with Gasteiger partial charge in [0.1, 0.15) is 5.69 Å². The van der Waals surface area contributed by atoms with Crippen LogP contribution in [0, 0.1) is 0 Å². The summed E-state index contributed by atoms with van der Waals surface area (Å²) in [4.78, 5) is 35.0. The zero-order valence-electron chi connectivity index (χ0n) is 16.1. The predicted molar refractivity (Wildman–Crippen MR) is 105 cm³/mol. The standard InChI is InChI=1S/C20H26N4O3/c1-4-13-24(14-5-2)20-21-12-11-17(23-20)18(25)22-16-9-7-15(8-10-16)19(26)27-6-3/h7-12H,4-6,13-14H2,1-3H3,(H,22,25). The molecule has 1 aromatic carbocycles. The Morgan fingerprint density at radius 1 is 1.04 bits per heavy atom. The fourth-order valence-corrected chi connectivity index (χ4v) is 2.58. The summed E-state index contributed by atoms with van der Waals surface area (Å²) in [6, 6.07) is 8.13. The first-order valence-electron chi connectivity index (χ1n) is 9.25. The van der Waals surface area contributed by atoms with Crippen LogP contribution in [0.4, 0.5) is 11.6 Å². The number of amides is 1. The smallest absolute Gasteiger partial charge is 0.338 e. The van der Waals surface area contributed by atoms with Crippen molar-refractivity contribution in [2.45, 2.75) is 33.6 Å². The minimum atomic E-state index is -0.386. The average molecular weight is 370 g/mol. The summed E-state index contributed by atoms with van der Waals surface area (Å²) < 4.78 is 4.95. The highest BCUT2D eigenvalue weighted by Crippen LogP contribution is 2.13. The van der Waals surface area contributed by atoms with Crippen molar-refractivity contribution in [3.63, 3.8) is 0 Å². The van der Waals surface area contributed by atoms with Gasteiger partial charge in [-0.2, -0.15) is 0 Å². The van der Waals surface area contributed by atoms with Gasteiger partial charge in [-0.15, -0.1) is 0 Å². The van der Waals surface area contributed by atoms with Gasteiger partial charge in [-0.1, -0.05) is 13.8 Å². The number of hydrogen-bond donors (Lipinski definition) is 1. The zero-order valence-corrected chi connectivity index (χ0v) is 16.1. The van der Waals surface area contributed by atoms with Crippen molar-refractivity contribution in [3.8, 4) is 0 Å². The number of nitrogens with zero attached hydrogens (tertiary/aromatic N) is 3. The largest absolute Gasteiger partial charge is 0.462 e. The maximum Gasteiger partial charge on any atom is 0.338 e. The predicted octanol–water partition coefficient (Wildman–Crippen LogP) is 3.53. The van der Waals surface area contributed by atoms with E-state index in [9.17, 15) is 9.59 Å². The lowest BCUT2D eigenvalue weighted by Crippen LogP contribution is -2.27. The Balaban J connectivity index is 2.09. The van der Waals surface area contributed by atoms with E-state index in [4.69, 9.17) is 4.74 Å². The molecule has 0 aliphatic rings. The van der Waals surface area contributed by atoms with Crippen LogP contribution in [0.25, 0.3) is 0 Å². The van der Waals surface area contributed by atoms with Gasteiger partial charge in [-0.05, 0) is 50.1 Å². The first-order valence-corrected chi connectivity index (χ1v) is 9.25. The van der Waals surface area contributed by atoms with Crippen LogP contribution < -0.4 is 10.2 Å². The second-order valence-electron chi connectivity index (χ2n) is 5.98. The minimum absolute atomic E-state index is 0.298. The summed E-state index contributed by atoms with van der Waals surface area (Å²) in [5.74, 6) is -0.151. The van der Waals surface area contributed by atoms with E-state index in [1.807, 2.05) is 0 Å². The van der Waals surface area contributed by atoms with E-state index in [0.29, 0.717) is 29.5 Å². The number of carbonyl (C=O) groups excluding carboxylic acids is 2. The molecule has 144 valence electrons. The molecule has 0 saturated carbocycles. The van der Waals surface area contributed by atoms with Crippen molar-refractivity contribution in [1.29, 1.82) is 0 Å². The van der Waals surface area contributed by atoms with Crippen molar-refractivity contribution < 1.29 is 14.3 Å². The summed E-state index contributed by atoms with van der Waals surface area (Å²) in [6.45, 7) is 7.95. The second-order valence-corrected chi connectivity index (χ2v) is 5.98. The van der Waals surface area contributed by atoms with Crippen molar-refractivity contribution >= 4 is 23.5 Å². The highest BCUT2D eigenvalue weighted by Gasteiger charge is 2.13. The van der Waals surface area contributed by atoms with Crippen molar-refractivity contribution in [1.82, 2.24) is 9.97 Å². The first-order chi connectivity index (χ1) is 13.1. The van der Waals surface area contributed by atoms with E-state index < -0.39 is 0 Å². The Labute approximate surface area is 159 Å². The van der Waals surface area contributed by atoms with Crippen LogP contribution >= 0.6 is 0 Å². The third kappa shape index (κ3) is 5.77. The summed E-state index contributed by atoms with van der Waals surface area (Å²) >= 11 is 0. The molecular weight excluding hydrogens is 344 g/mol. The maximum absolute atomic E-state index is 12.5. The Hall–Kier alpha value is -2.96. The quantitative estimate of drug-likeness (QED) is 0.680. The molecule has 0 unspecified atom stereocenters. The van der Waals surface area contributed by atoms with Crippen LogP contribution in [0.5, 0.6) is 0 Å². The number of anilines is 2. The molecule has 7 nitrogen and oxygen atoms in total. The summed E-state index contributed by atoms with van der Waals surface area (Å²) in [5, 5.41) is 2.79. The number of benzene rings is 1. The van der Waals surface area contributed by atoms with E-state index in [2.05, 4.69) is 34.0 Å². The van der Waals surface area contributed by atoms with E-state index >= 15 is 0 Å². The summed E-state index contributed by atoms with van der Waals surface area (Å²) in [5.41, 5.74) is 1.31. The van der Waals surface area contributed by atoms with Crippen LogP contribution in [0.3, 0.4) is 0 Å². The molecule has 0 spiro atoms. The molecule has 27 heavy (non-hydrogen) atoms. The van der Waals surface area contributed by atoms with Gasteiger partial charge < -0.3 is 15.0 Å². The molecule has 1 heterocycles. The number of carbonyl (C=O) groups is 2. The molecule has 0 radical (unpaired) electrons. The summed E-state index contributed by atoms with van der Waals surface area (Å²) in [6.07, 6.45) is 3.55. The molecule has 1 aromatic heterocycles. The Morgan fingerprint density at radius 2 is 1.70 bits per heavy atom. The number of hydrogen-bond acceptors (Lipinski definition) is 6. The Morgan fingerprint density at radius 3 is 2.30 bits per heavy atom. The highest BCUT2D eigenvalue weighted by atomic mass is 16.5. The van der Waals surface area contributed by atoms with Gasteiger partial charge >= 0.3 is 5.97 Å². The monoisotopic (exact) mass is 370 g/mol. The molecule has 0 fully saturated rings. The minimum Gasteiger partial charge on any atom is -0.462 e. The number of aromatic nitrogens is 2. The molecule has 1 amide bonds. The van der Waals surface area contributed by atoms with Crippen LogP contribution in [0.15, 0.2) is 36.5 Å². The molecule has 2 aromatic rings. The Kier molecular flexibility index (Phi) is 7.73. The molecular formula is C20H26N4O3. The molecule has 1 N–H and O–H groups in total. The van der Waals surface area contributed by atoms with Gasteiger partial charge in [-0.3, -0.25) is 4.79 Å². The van der Waals surface area contributed by atoms with E-state index in [0.717, 1.165) is 25.9 Å². The number of esters is 1. The fraction of sp³-hybridized carbons (Fsp3) is 0.400. The van der Waals surface area contributed by atoms with Crippen LogP contribution in [0.2, 0.25) is 0 Å². The molecule has 0 aliphatic heterocycles. The average Bonchev–Trinajstić information content (AvgIpc) is 2.68. The fourth-order valence-electron chi connectivity index (χ4n) is 2.58. The zero-order chi connectivity index (χ0) is 19.6. The van der Waals surface area contributed by atoms with E-state index in [1.54, 1.807) is 43.5 Å². The lowest BCUT2D eigenvalue weighted by atomic mass is 10.2. The normalized spacial score (nSPS) is 10.3. The van der Waals surface area contributed by atoms with E-state index in [-0.39, 0.29) is 11.9 Å². The lowest BCUT2D eigenvalue weighted by molar-refractivity contribution is 0.0526. The topological polar surface area (TPSA) is 84.4 Å². The van der Waals surface area contributed by atoms with Crippen LogP contribution in [0.1, 0.15) is 54.5 Å². The Bertz CT molecular complexity index is 756. The number of nitrogens with one attached hydrogen (secondary N) is 1. The molecule has 7 heteroatoms. The van der Waals surface area contributed by atoms with Gasteiger partial charge in [0.15, 0.2) is 0 Å². The molecule has 0 saturated heterocycles. The summed E-state index contributed by atoms with van der Waals surface area (Å²) in [7, 11) is 0. The van der Waals surface area contributed by atoms with Gasteiger partial charge in [-0.25, -0.2) is 14.8 Å². The molecule has 0 aliphatic carbocycles. The van der Waals surface area contributed by atoms with Gasteiger partial charge in [0, 0.05) is 25.0 Å². The van der Waals surface area contributed by atoms with E-state index in [1.165, 1.54) is 0 Å². The molecule has 2 rings (SSSR count). The highest BCUT2D eigenvalue weighted by molar-refractivity contribution is 6.03. The maximum atomic E-state index is 12.5. The number of rotatable bonds is 9. The molecule has 0 atom stereocenters. The third-order valence-electron chi connectivity index (χ3n) is 3.80. The van der Waals surface area contributed by atoms with Crippen molar-refractivity contribution in [3.05, 3.63) is 47.8 Å². The van der Waals surface area contributed by atoms with Crippen molar-refractivity contribution in [2.24, 2.45) is 0 Å².